The average molecular weight is 331 g/mol. The Morgan fingerprint density at radius 1 is 1.29 bits per heavy atom. The Morgan fingerprint density at radius 3 is 2.67 bits per heavy atom. The smallest absolute Gasteiger partial charge is 0.225 e. The number of amides is 1. The number of likely N-dealkylation sites (tertiary alicyclic amines) is 1. The molecule has 1 aromatic carbocycles. The van der Waals surface area contributed by atoms with Gasteiger partial charge >= 0.3 is 0 Å². The first kappa shape index (κ1) is 17.4. The van der Waals surface area contributed by atoms with Crippen molar-refractivity contribution in [2.75, 3.05) is 19.7 Å². The number of hydrogen-bond acceptors (Lipinski definition) is 3. The summed E-state index contributed by atoms with van der Waals surface area (Å²) < 4.78 is 12.3. The van der Waals surface area contributed by atoms with E-state index in [-0.39, 0.29) is 23.5 Å². The van der Waals surface area contributed by atoms with Crippen LogP contribution < -0.4 is 0 Å². The maximum absolute atomic E-state index is 12.2. The standard InChI is InChI=1S/C20H29NO3/c1-16(2)19(22)21-11-9-20(10-12-21)14-18(8-13-24-20)23-15-17-6-4-3-5-7-17/h3-7,16,18H,8-15H2,1-2H3. The third-order valence-electron chi connectivity index (χ3n) is 5.26. The molecule has 4 heteroatoms. The summed E-state index contributed by atoms with van der Waals surface area (Å²) >= 11 is 0. The fourth-order valence-electron chi connectivity index (χ4n) is 3.76. The lowest BCUT2D eigenvalue weighted by Gasteiger charge is -2.46. The highest BCUT2D eigenvalue weighted by molar-refractivity contribution is 5.78. The summed E-state index contributed by atoms with van der Waals surface area (Å²) in [6, 6.07) is 10.3. The van der Waals surface area contributed by atoms with Crippen LogP contribution in [0.25, 0.3) is 0 Å². The molecule has 1 aromatic rings. The van der Waals surface area contributed by atoms with Gasteiger partial charge in [0.25, 0.3) is 0 Å². The number of rotatable bonds is 4. The van der Waals surface area contributed by atoms with Crippen molar-refractivity contribution >= 4 is 5.91 Å². The SMILES string of the molecule is CC(C)C(=O)N1CCC2(CC1)CC(OCc1ccccc1)CCO2. The van der Waals surface area contributed by atoms with Crippen LogP contribution in [0.3, 0.4) is 0 Å². The molecule has 1 amide bonds. The third-order valence-corrected chi connectivity index (χ3v) is 5.26. The predicted octanol–water partition coefficient (Wildman–Crippen LogP) is 3.40. The van der Waals surface area contributed by atoms with Gasteiger partial charge in [0.15, 0.2) is 0 Å². The maximum Gasteiger partial charge on any atom is 0.225 e. The van der Waals surface area contributed by atoms with Gasteiger partial charge in [0.2, 0.25) is 5.91 Å². The summed E-state index contributed by atoms with van der Waals surface area (Å²) in [4.78, 5) is 14.1. The zero-order chi connectivity index (χ0) is 17.0. The zero-order valence-corrected chi connectivity index (χ0v) is 14.9. The number of ether oxygens (including phenoxy) is 2. The molecule has 0 aromatic heterocycles. The number of nitrogens with zero attached hydrogens (tertiary/aromatic N) is 1. The first-order valence-electron chi connectivity index (χ1n) is 9.16. The molecular weight excluding hydrogens is 302 g/mol. The van der Waals surface area contributed by atoms with Gasteiger partial charge in [-0.3, -0.25) is 4.79 Å². The molecule has 132 valence electrons. The minimum Gasteiger partial charge on any atom is -0.375 e. The van der Waals surface area contributed by atoms with E-state index < -0.39 is 0 Å². The van der Waals surface area contributed by atoms with E-state index in [1.54, 1.807) is 0 Å². The first-order valence-corrected chi connectivity index (χ1v) is 9.16. The lowest BCUT2D eigenvalue weighted by atomic mass is 9.83. The molecule has 2 saturated heterocycles. The highest BCUT2D eigenvalue weighted by Gasteiger charge is 2.41. The molecule has 24 heavy (non-hydrogen) atoms. The Bertz CT molecular complexity index is 535. The van der Waals surface area contributed by atoms with Crippen molar-refractivity contribution in [3.05, 3.63) is 35.9 Å². The van der Waals surface area contributed by atoms with Gasteiger partial charge in [-0.15, -0.1) is 0 Å². The second kappa shape index (κ2) is 7.66. The predicted molar refractivity (Wildman–Crippen MR) is 93.6 cm³/mol. The summed E-state index contributed by atoms with van der Waals surface area (Å²) in [5.74, 6) is 0.339. The number of carbonyl (C=O) groups is 1. The van der Waals surface area contributed by atoms with E-state index >= 15 is 0 Å². The van der Waals surface area contributed by atoms with E-state index in [1.807, 2.05) is 36.9 Å². The molecule has 0 radical (unpaired) electrons. The summed E-state index contributed by atoms with van der Waals surface area (Å²) in [6.07, 6.45) is 4.02. The van der Waals surface area contributed by atoms with E-state index in [0.29, 0.717) is 6.61 Å². The Kier molecular flexibility index (Phi) is 5.57. The van der Waals surface area contributed by atoms with Gasteiger partial charge in [0.1, 0.15) is 0 Å². The lowest BCUT2D eigenvalue weighted by molar-refractivity contribution is -0.164. The van der Waals surface area contributed by atoms with Crippen LogP contribution in [0.15, 0.2) is 30.3 Å². The summed E-state index contributed by atoms with van der Waals surface area (Å²) in [7, 11) is 0. The number of benzene rings is 1. The van der Waals surface area contributed by atoms with Crippen LogP contribution in [0.2, 0.25) is 0 Å². The number of hydrogen-bond donors (Lipinski definition) is 0. The van der Waals surface area contributed by atoms with Crippen LogP contribution in [-0.2, 0) is 20.9 Å². The Labute approximate surface area is 145 Å². The molecule has 1 atom stereocenters. The van der Waals surface area contributed by atoms with Gasteiger partial charge in [-0.05, 0) is 24.8 Å². The van der Waals surface area contributed by atoms with Crippen LogP contribution in [0.5, 0.6) is 0 Å². The minimum absolute atomic E-state index is 0.0771. The summed E-state index contributed by atoms with van der Waals surface area (Å²) in [5.41, 5.74) is 1.13. The van der Waals surface area contributed by atoms with E-state index in [9.17, 15) is 4.79 Å². The topological polar surface area (TPSA) is 38.8 Å². The molecule has 0 N–H and O–H groups in total. The van der Waals surface area contributed by atoms with E-state index in [2.05, 4.69) is 12.1 Å². The molecule has 0 aliphatic carbocycles. The van der Waals surface area contributed by atoms with Crippen molar-refractivity contribution in [3.8, 4) is 0 Å². The normalized spacial score (nSPS) is 23.6. The van der Waals surface area contributed by atoms with Gasteiger partial charge < -0.3 is 14.4 Å². The Balaban J connectivity index is 1.51. The van der Waals surface area contributed by atoms with Crippen LogP contribution in [0.4, 0.5) is 0 Å². The second-order valence-corrected chi connectivity index (χ2v) is 7.42. The summed E-state index contributed by atoms with van der Waals surface area (Å²) in [5, 5.41) is 0. The molecule has 2 heterocycles. The molecule has 0 saturated carbocycles. The molecule has 2 fully saturated rings. The van der Waals surface area contributed by atoms with Crippen molar-refractivity contribution < 1.29 is 14.3 Å². The van der Waals surface area contributed by atoms with Crippen molar-refractivity contribution in [2.45, 2.75) is 57.8 Å². The quantitative estimate of drug-likeness (QED) is 0.849. The highest BCUT2D eigenvalue weighted by atomic mass is 16.5. The monoisotopic (exact) mass is 331 g/mol. The molecule has 1 spiro atoms. The molecule has 3 rings (SSSR count). The summed E-state index contributed by atoms with van der Waals surface area (Å²) in [6.45, 7) is 6.98. The van der Waals surface area contributed by atoms with E-state index in [1.165, 1.54) is 5.56 Å². The molecule has 1 unspecified atom stereocenters. The maximum atomic E-state index is 12.2. The van der Waals surface area contributed by atoms with Crippen LogP contribution in [0, 0.1) is 5.92 Å². The molecule has 2 aliphatic heterocycles. The van der Waals surface area contributed by atoms with Crippen LogP contribution in [0.1, 0.15) is 45.1 Å². The zero-order valence-electron chi connectivity index (χ0n) is 14.9. The number of piperidine rings is 1. The molecule has 0 bridgehead atoms. The van der Waals surface area contributed by atoms with Crippen LogP contribution in [-0.4, -0.2) is 42.2 Å². The van der Waals surface area contributed by atoms with E-state index in [0.717, 1.165) is 45.4 Å². The van der Waals surface area contributed by atoms with Crippen molar-refractivity contribution in [3.63, 3.8) is 0 Å². The Morgan fingerprint density at radius 2 is 2.00 bits per heavy atom. The average Bonchev–Trinajstić information content (AvgIpc) is 2.61. The fourth-order valence-corrected chi connectivity index (χ4v) is 3.76. The second-order valence-electron chi connectivity index (χ2n) is 7.42. The Hall–Kier alpha value is -1.39. The molecule has 2 aliphatic rings. The minimum atomic E-state index is -0.0899. The van der Waals surface area contributed by atoms with Crippen molar-refractivity contribution in [1.29, 1.82) is 0 Å². The highest BCUT2D eigenvalue weighted by Crippen LogP contribution is 2.36. The lowest BCUT2D eigenvalue weighted by Crippen LogP contribution is -2.52. The largest absolute Gasteiger partial charge is 0.375 e. The number of carbonyl (C=O) groups excluding carboxylic acids is 1. The first-order chi connectivity index (χ1) is 11.6. The van der Waals surface area contributed by atoms with Crippen LogP contribution >= 0.6 is 0 Å². The fraction of sp³-hybridized carbons (Fsp3) is 0.650. The van der Waals surface area contributed by atoms with Gasteiger partial charge in [0.05, 0.1) is 18.3 Å². The third kappa shape index (κ3) is 4.17. The van der Waals surface area contributed by atoms with Crippen molar-refractivity contribution in [2.24, 2.45) is 5.92 Å². The molecule has 4 nitrogen and oxygen atoms in total. The van der Waals surface area contributed by atoms with Gasteiger partial charge in [0, 0.05) is 32.0 Å². The van der Waals surface area contributed by atoms with Gasteiger partial charge in [-0.25, -0.2) is 0 Å². The van der Waals surface area contributed by atoms with Gasteiger partial charge in [-0.2, -0.15) is 0 Å². The van der Waals surface area contributed by atoms with E-state index in [4.69, 9.17) is 9.47 Å². The van der Waals surface area contributed by atoms with Crippen molar-refractivity contribution in [1.82, 2.24) is 4.90 Å². The van der Waals surface area contributed by atoms with Gasteiger partial charge in [-0.1, -0.05) is 44.2 Å². The molecular formula is C20H29NO3.